The van der Waals surface area contributed by atoms with Crippen LogP contribution in [-0.2, 0) is 10.0 Å². The number of halogens is 1. The minimum atomic E-state index is -3.68. The molecule has 1 aromatic rings. The number of hydrogen-bond donors (Lipinski definition) is 1. The Morgan fingerprint density at radius 2 is 2.10 bits per heavy atom. The fraction of sp³-hybridized carbons (Fsp3) is 0.600. The number of sulfonamides is 1. The predicted octanol–water partition coefficient (Wildman–Crippen LogP) is 2.14. The van der Waals surface area contributed by atoms with Crippen LogP contribution in [0.5, 0.6) is 0 Å². The maximum Gasteiger partial charge on any atom is 0.243 e. The molecule has 3 rings (SSSR count). The van der Waals surface area contributed by atoms with E-state index in [1.54, 1.807) is 0 Å². The first-order valence-corrected chi connectivity index (χ1v) is 8.84. The monoisotopic (exact) mass is 313 g/mol. The molecular formula is C15H20FNO3S. The summed E-state index contributed by atoms with van der Waals surface area (Å²) in [5, 5.41) is 10.6. The SMILES string of the molecule is O=S(=O)(c1cccc(F)c1)N1CCC2(O)CCCCC2C1. The number of piperidine rings is 1. The summed E-state index contributed by atoms with van der Waals surface area (Å²) in [5.41, 5.74) is -0.716. The minimum absolute atomic E-state index is 0.0104. The van der Waals surface area contributed by atoms with Gasteiger partial charge < -0.3 is 5.11 Å². The van der Waals surface area contributed by atoms with Crippen LogP contribution in [0.3, 0.4) is 0 Å². The van der Waals surface area contributed by atoms with Crippen LogP contribution in [0.2, 0.25) is 0 Å². The molecule has 1 heterocycles. The van der Waals surface area contributed by atoms with Crippen molar-refractivity contribution >= 4 is 10.0 Å². The highest BCUT2D eigenvalue weighted by Gasteiger charge is 2.45. The van der Waals surface area contributed by atoms with E-state index in [-0.39, 0.29) is 10.8 Å². The van der Waals surface area contributed by atoms with Gasteiger partial charge in [0.05, 0.1) is 10.5 Å². The first-order chi connectivity index (χ1) is 9.92. The first-order valence-electron chi connectivity index (χ1n) is 7.40. The summed E-state index contributed by atoms with van der Waals surface area (Å²) in [6.45, 7) is 0.626. The van der Waals surface area contributed by atoms with Crippen molar-refractivity contribution in [1.29, 1.82) is 0 Å². The predicted molar refractivity (Wildman–Crippen MR) is 76.7 cm³/mol. The van der Waals surface area contributed by atoms with Crippen molar-refractivity contribution in [2.75, 3.05) is 13.1 Å². The number of benzene rings is 1. The summed E-state index contributed by atoms with van der Waals surface area (Å²) >= 11 is 0. The zero-order valence-corrected chi connectivity index (χ0v) is 12.7. The minimum Gasteiger partial charge on any atom is -0.390 e. The molecule has 1 saturated heterocycles. The molecule has 1 aliphatic carbocycles. The van der Waals surface area contributed by atoms with E-state index < -0.39 is 21.4 Å². The molecule has 1 saturated carbocycles. The summed E-state index contributed by atoms with van der Waals surface area (Å²) in [6, 6.07) is 5.11. The van der Waals surface area contributed by atoms with Gasteiger partial charge in [-0.1, -0.05) is 18.9 Å². The molecule has 0 spiro atoms. The Kier molecular flexibility index (Phi) is 3.80. The second kappa shape index (κ2) is 5.34. The Morgan fingerprint density at radius 1 is 1.29 bits per heavy atom. The van der Waals surface area contributed by atoms with Gasteiger partial charge in [-0.2, -0.15) is 4.31 Å². The summed E-state index contributed by atoms with van der Waals surface area (Å²) in [4.78, 5) is -0.0104. The van der Waals surface area contributed by atoms with Crippen molar-refractivity contribution in [3.63, 3.8) is 0 Å². The van der Waals surface area contributed by atoms with Gasteiger partial charge in [0.1, 0.15) is 5.82 Å². The normalized spacial score (nSPS) is 30.9. The molecule has 2 fully saturated rings. The van der Waals surface area contributed by atoms with Crippen LogP contribution in [0.25, 0.3) is 0 Å². The van der Waals surface area contributed by atoms with Crippen LogP contribution >= 0.6 is 0 Å². The van der Waals surface area contributed by atoms with Gasteiger partial charge in [-0.15, -0.1) is 0 Å². The maximum atomic E-state index is 13.3. The van der Waals surface area contributed by atoms with Crippen LogP contribution in [0.4, 0.5) is 4.39 Å². The molecule has 21 heavy (non-hydrogen) atoms. The first kappa shape index (κ1) is 14.9. The molecule has 4 nitrogen and oxygen atoms in total. The summed E-state index contributed by atoms with van der Waals surface area (Å²) < 4.78 is 39.9. The van der Waals surface area contributed by atoms with Gasteiger partial charge in [-0.05, 0) is 37.5 Å². The number of rotatable bonds is 2. The van der Waals surface area contributed by atoms with Crippen LogP contribution in [0, 0.1) is 11.7 Å². The highest BCUT2D eigenvalue weighted by Crippen LogP contribution is 2.41. The van der Waals surface area contributed by atoms with E-state index in [1.807, 2.05) is 0 Å². The second-order valence-electron chi connectivity index (χ2n) is 6.12. The molecule has 0 bridgehead atoms. The van der Waals surface area contributed by atoms with Gasteiger partial charge in [0.2, 0.25) is 10.0 Å². The van der Waals surface area contributed by atoms with E-state index in [0.29, 0.717) is 19.5 Å². The Bertz CT molecular complexity index is 634. The third kappa shape index (κ3) is 2.72. The van der Waals surface area contributed by atoms with Crippen molar-refractivity contribution in [1.82, 2.24) is 4.31 Å². The molecule has 116 valence electrons. The maximum absolute atomic E-state index is 13.3. The standard InChI is InChI=1S/C15H20FNO3S/c16-13-5-3-6-14(10-13)21(19,20)17-9-8-15(18)7-2-1-4-12(15)11-17/h3,5-6,10,12,18H,1-2,4,7-9,11H2. The largest absolute Gasteiger partial charge is 0.390 e. The van der Waals surface area contributed by atoms with Crippen LogP contribution in [0.1, 0.15) is 32.1 Å². The molecule has 1 N–H and O–H groups in total. The average Bonchev–Trinajstić information content (AvgIpc) is 2.46. The molecule has 6 heteroatoms. The van der Waals surface area contributed by atoms with Crippen molar-refractivity contribution < 1.29 is 17.9 Å². The lowest BCUT2D eigenvalue weighted by atomic mass is 9.72. The summed E-state index contributed by atoms with van der Waals surface area (Å²) in [5.74, 6) is -0.564. The molecule has 2 atom stereocenters. The van der Waals surface area contributed by atoms with Crippen molar-refractivity contribution in [2.45, 2.75) is 42.6 Å². The molecule has 2 aliphatic rings. The average molecular weight is 313 g/mol. The quantitative estimate of drug-likeness (QED) is 0.910. The molecule has 0 amide bonds. The lowest BCUT2D eigenvalue weighted by molar-refractivity contribution is -0.0816. The fourth-order valence-electron chi connectivity index (χ4n) is 3.54. The Morgan fingerprint density at radius 3 is 2.86 bits per heavy atom. The lowest BCUT2D eigenvalue weighted by Crippen LogP contribution is -2.54. The third-order valence-corrected chi connectivity index (χ3v) is 6.69. The zero-order valence-electron chi connectivity index (χ0n) is 11.8. The molecule has 0 radical (unpaired) electrons. The molecule has 2 unspecified atom stereocenters. The number of aliphatic hydroxyl groups is 1. The third-order valence-electron chi connectivity index (χ3n) is 4.82. The number of hydrogen-bond acceptors (Lipinski definition) is 3. The van der Waals surface area contributed by atoms with Crippen LogP contribution in [-0.4, -0.2) is 36.5 Å². The molecule has 0 aromatic heterocycles. The highest BCUT2D eigenvalue weighted by atomic mass is 32.2. The Hall–Kier alpha value is -0.980. The molecular weight excluding hydrogens is 293 g/mol. The van der Waals surface area contributed by atoms with Gasteiger partial charge in [0.15, 0.2) is 0 Å². The van der Waals surface area contributed by atoms with E-state index in [1.165, 1.54) is 22.5 Å². The molecule has 1 aliphatic heterocycles. The van der Waals surface area contributed by atoms with E-state index >= 15 is 0 Å². The Balaban J connectivity index is 1.84. The zero-order chi connectivity index (χ0) is 15.1. The van der Waals surface area contributed by atoms with Gasteiger partial charge in [0, 0.05) is 19.0 Å². The van der Waals surface area contributed by atoms with Crippen LogP contribution < -0.4 is 0 Å². The van der Waals surface area contributed by atoms with Gasteiger partial charge in [-0.25, -0.2) is 12.8 Å². The van der Waals surface area contributed by atoms with E-state index in [4.69, 9.17) is 0 Å². The highest BCUT2D eigenvalue weighted by molar-refractivity contribution is 7.89. The van der Waals surface area contributed by atoms with E-state index in [2.05, 4.69) is 0 Å². The van der Waals surface area contributed by atoms with E-state index in [0.717, 1.165) is 31.7 Å². The van der Waals surface area contributed by atoms with Crippen molar-refractivity contribution in [2.24, 2.45) is 5.92 Å². The van der Waals surface area contributed by atoms with Crippen molar-refractivity contribution in [3.8, 4) is 0 Å². The summed E-state index contributed by atoms with van der Waals surface area (Å²) in [7, 11) is -3.68. The van der Waals surface area contributed by atoms with Crippen LogP contribution in [0.15, 0.2) is 29.2 Å². The molecule has 1 aromatic carbocycles. The van der Waals surface area contributed by atoms with E-state index in [9.17, 15) is 17.9 Å². The topological polar surface area (TPSA) is 57.6 Å². The van der Waals surface area contributed by atoms with Crippen molar-refractivity contribution in [3.05, 3.63) is 30.1 Å². The summed E-state index contributed by atoms with van der Waals surface area (Å²) in [6.07, 6.45) is 4.11. The number of fused-ring (bicyclic) bond motifs is 1. The Labute approximate surface area is 124 Å². The second-order valence-corrected chi connectivity index (χ2v) is 8.05. The van der Waals surface area contributed by atoms with Gasteiger partial charge in [0.25, 0.3) is 0 Å². The number of nitrogens with zero attached hydrogens (tertiary/aromatic N) is 1. The smallest absolute Gasteiger partial charge is 0.243 e. The lowest BCUT2D eigenvalue weighted by Gasteiger charge is -2.46. The fourth-order valence-corrected chi connectivity index (χ4v) is 5.05. The van der Waals surface area contributed by atoms with Gasteiger partial charge in [-0.3, -0.25) is 0 Å². The van der Waals surface area contributed by atoms with Gasteiger partial charge >= 0.3 is 0 Å².